The summed E-state index contributed by atoms with van der Waals surface area (Å²) in [6.45, 7) is 8.44. The second kappa shape index (κ2) is 7.98. The molecule has 1 aromatic carbocycles. The van der Waals surface area contributed by atoms with Gasteiger partial charge < -0.3 is 14.4 Å². The second-order valence-corrected chi connectivity index (χ2v) is 6.72. The molecule has 3 nitrogen and oxygen atoms in total. The molecular weight excluding hydrogens is 274 g/mol. The van der Waals surface area contributed by atoms with Crippen LogP contribution in [0, 0.1) is 11.8 Å². The Morgan fingerprint density at radius 2 is 1.95 bits per heavy atom. The number of para-hydroxylation sites is 1. The Morgan fingerprint density at radius 1 is 1.14 bits per heavy atom. The Balaban J connectivity index is 1.48. The Bertz CT molecular complexity index is 455. The first kappa shape index (κ1) is 15.8. The molecule has 0 bridgehead atoms. The highest BCUT2D eigenvalue weighted by molar-refractivity contribution is 5.34. The van der Waals surface area contributed by atoms with Crippen molar-refractivity contribution in [1.29, 1.82) is 0 Å². The molecule has 1 unspecified atom stereocenters. The zero-order valence-electron chi connectivity index (χ0n) is 13.8. The Labute approximate surface area is 134 Å². The van der Waals surface area contributed by atoms with E-state index in [1.54, 1.807) is 0 Å². The van der Waals surface area contributed by atoms with E-state index < -0.39 is 0 Å². The number of fused-ring (bicyclic) bond motifs is 1. The summed E-state index contributed by atoms with van der Waals surface area (Å²) in [6, 6.07) is 8.53. The van der Waals surface area contributed by atoms with Crippen molar-refractivity contribution in [3.8, 4) is 5.75 Å². The molecule has 0 N–H and O–H groups in total. The number of ether oxygens (including phenoxy) is 2. The molecule has 0 aromatic heterocycles. The maximum Gasteiger partial charge on any atom is 0.122 e. The summed E-state index contributed by atoms with van der Waals surface area (Å²) in [5, 5.41) is 0. The number of piperidine rings is 1. The average Bonchev–Trinajstić information content (AvgIpc) is 2.76. The van der Waals surface area contributed by atoms with E-state index in [2.05, 4.69) is 36.1 Å². The maximum atomic E-state index is 5.89. The molecule has 2 aliphatic rings. The monoisotopic (exact) mass is 303 g/mol. The molecule has 2 aliphatic heterocycles. The standard InChI is InChI=1S/C19H29NO2/c1-2-21-15-16-7-10-20(11-8-16)14-17-9-12-22-19-6-4-3-5-18(19)13-17/h3-6,16-17H,2,7-15H2,1H3. The Kier molecular flexibility index (Phi) is 5.74. The highest BCUT2D eigenvalue weighted by atomic mass is 16.5. The normalized spacial score (nSPS) is 23.6. The van der Waals surface area contributed by atoms with E-state index in [1.807, 2.05) is 0 Å². The molecule has 3 rings (SSSR count). The van der Waals surface area contributed by atoms with Gasteiger partial charge in [-0.05, 0) is 69.2 Å². The summed E-state index contributed by atoms with van der Waals surface area (Å²) < 4.78 is 11.5. The predicted molar refractivity (Wildman–Crippen MR) is 89.4 cm³/mol. The van der Waals surface area contributed by atoms with Gasteiger partial charge in [0.25, 0.3) is 0 Å². The van der Waals surface area contributed by atoms with Crippen LogP contribution in [0.4, 0.5) is 0 Å². The predicted octanol–water partition coefficient (Wildman–Crippen LogP) is 3.38. The van der Waals surface area contributed by atoms with Crippen molar-refractivity contribution in [2.45, 2.75) is 32.6 Å². The van der Waals surface area contributed by atoms with E-state index in [4.69, 9.17) is 9.47 Å². The summed E-state index contributed by atoms with van der Waals surface area (Å²) in [7, 11) is 0. The van der Waals surface area contributed by atoms with Gasteiger partial charge >= 0.3 is 0 Å². The lowest BCUT2D eigenvalue weighted by Crippen LogP contribution is -2.38. The number of rotatable bonds is 5. The summed E-state index contributed by atoms with van der Waals surface area (Å²) >= 11 is 0. The molecule has 1 saturated heterocycles. The third kappa shape index (κ3) is 4.23. The Hall–Kier alpha value is -1.06. The van der Waals surface area contributed by atoms with Gasteiger partial charge in [-0.3, -0.25) is 0 Å². The molecular formula is C19H29NO2. The minimum absolute atomic E-state index is 0.729. The van der Waals surface area contributed by atoms with E-state index in [0.29, 0.717) is 0 Å². The van der Waals surface area contributed by atoms with Gasteiger partial charge in [-0.15, -0.1) is 0 Å². The lowest BCUT2D eigenvalue weighted by atomic mass is 9.93. The van der Waals surface area contributed by atoms with Crippen LogP contribution in [0.25, 0.3) is 0 Å². The average molecular weight is 303 g/mol. The van der Waals surface area contributed by atoms with Crippen LogP contribution in [0.15, 0.2) is 24.3 Å². The van der Waals surface area contributed by atoms with E-state index in [9.17, 15) is 0 Å². The van der Waals surface area contributed by atoms with E-state index in [0.717, 1.165) is 43.8 Å². The molecule has 22 heavy (non-hydrogen) atoms. The maximum absolute atomic E-state index is 5.89. The molecule has 0 saturated carbocycles. The number of nitrogens with zero attached hydrogens (tertiary/aromatic N) is 1. The molecule has 0 spiro atoms. The molecule has 122 valence electrons. The van der Waals surface area contributed by atoms with Gasteiger partial charge in [-0.25, -0.2) is 0 Å². The summed E-state index contributed by atoms with van der Waals surface area (Å²) in [5.41, 5.74) is 1.39. The molecule has 3 heteroatoms. The van der Waals surface area contributed by atoms with E-state index in [-0.39, 0.29) is 0 Å². The van der Waals surface area contributed by atoms with Crippen molar-refractivity contribution in [2.75, 3.05) is 39.5 Å². The number of hydrogen-bond acceptors (Lipinski definition) is 3. The van der Waals surface area contributed by atoms with Gasteiger partial charge in [0.1, 0.15) is 5.75 Å². The molecule has 2 heterocycles. The van der Waals surface area contributed by atoms with E-state index >= 15 is 0 Å². The van der Waals surface area contributed by atoms with Crippen LogP contribution in [-0.4, -0.2) is 44.4 Å². The Morgan fingerprint density at radius 3 is 2.77 bits per heavy atom. The van der Waals surface area contributed by atoms with Crippen molar-refractivity contribution in [3.05, 3.63) is 29.8 Å². The minimum Gasteiger partial charge on any atom is -0.493 e. The lowest BCUT2D eigenvalue weighted by Gasteiger charge is -2.34. The number of likely N-dealkylation sites (tertiary alicyclic amines) is 1. The fourth-order valence-electron chi connectivity index (χ4n) is 3.70. The van der Waals surface area contributed by atoms with Crippen LogP contribution < -0.4 is 4.74 Å². The summed E-state index contributed by atoms with van der Waals surface area (Å²) in [6.07, 6.45) is 4.92. The van der Waals surface area contributed by atoms with Gasteiger partial charge in [0, 0.05) is 19.8 Å². The van der Waals surface area contributed by atoms with Gasteiger partial charge in [-0.2, -0.15) is 0 Å². The van der Waals surface area contributed by atoms with Crippen molar-refractivity contribution in [3.63, 3.8) is 0 Å². The first-order valence-corrected chi connectivity index (χ1v) is 8.86. The fourth-order valence-corrected chi connectivity index (χ4v) is 3.70. The number of hydrogen-bond donors (Lipinski definition) is 0. The largest absolute Gasteiger partial charge is 0.493 e. The van der Waals surface area contributed by atoms with Gasteiger partial charge in [0.05, 0.1) is 6.61 Å². The SMILES string of the molecule is CCOCC1CCN(CC2CCOc3ccccc3C2)CC1. The summed E-state index contributed by atoms with van der Waals surface area (Å²) in [4.78, 5) is 2.65. The fraction of sp³-hybridized carbons (Fsp3) is 0.684. The van der Waals surface area contributed by atoms with Crippen LogP contribution in [0.2, 0.25) is 0 Å². The molecule has 0 aliphatic carbocycles. The van der Waals surface area contributed by atoms with E-state index in [1.165, 1.54) is 44.5 Å². The van der Waals surface area contributed by atoms with Crippen LogP contribution in [0.5, 0.6) is 5.75 Å². The quantitative estimate of drug-likeness (QED) is 0.832. The minimum atomic E-state index is 0.729. The first-order chi connectivity index (χ1) is 10.8. The topological polar surface area (TPSA) is 21.7 Å². The van der Waals surface area contributed by atoms with Crippen molar-refractivity contribution >= 4 is 0 Å². The zero-order chi connectivity index (χ0) is 15.2. The van der Waals surface area contributed by atoms with Crippen LogP contribution in [0.1, 0.15) is 31.7 Å². The highest BCUT2D eigenvalue weighted by Gasteiger charge is 2.24. The molecule has 0 radical (unpaired) electrons. The smallest absolute Gasteiger partial charge is 0.122 e. The highest BCUT2D eigenvalue weighted by Crippen LogP contribution is 2.28. The zero-order valence-corrected chi connectivity index (χ0v) is 13.8. The van der Waals surface area contributed by atoms with Gasteiger partial charge in [0.2, 0.25) is 0 Å². The lowest BCUT2D eigenvalue weighted by molar-refractivity contribution is 0.0689. The summed E-state index contributed by atoms with van der Waals surface area (Å²) in [5.74, 6) is 2.60. The van der Waals surface area contributed by atoms with Gasteiger partial charge in [-0.1, -0.05) is 18.2 Å². The van der Waals surface area contributed by atoms with Crippen LogP contribution >= 0.6 is 0 Å². The van der Waals surface area contributed by atoms with Crippen LogP contribution in [-0.2, 0) is 11.2 Å². The van der Waals surface area contributed by atoms with Crippen molar-refractivity contribution < 1.29 is 9.47 Å². The third-order valence-corrected chi connectivity index (χ3v) is 5.05. The van der Waals surface area contributed by atoms with Gasteiger partial charge in [0.15, 0.2) is 0 Å². The first-order valence-electron chi connectivity index (χ1n) is 8.86. The van der Waals surface area contributed by atoms with Crippen molar-refractivity contribution in [1.82, 2.24) is 4.90 Å². The third-order valence-electron chi connectivity index (χ3n) is 5.05. The molecule has 1 aromatic rings. The van der Waals surface area contributed by atoms with Crippen molar-refractivity contribution in [2.24, 2.45) is 11.8 Å². The number of benzene rings is 1. The van der Waals surface area contributed by atoms with Crippen LogP contribution in [0.3, 0.4) is 0 Å². The second-order valence-electron chi connectivity index (χ2n) is 6.72. The molecule has 0 amide bonds. The molecule has 1 atom stereocenters. The molecule has 1 fully saturated rings.